The van der Waals surface area contributed by atoms with Crippen LogP contribution < -0.4 is 10.1 Å². The molecule has 0 aliphatic heterocycles. The van der Waals surface area contributed by atoms with Crippen LogP contribution in [0.1, 0.15) is 24.5 Å². The summed E-state index contributed by atoms with van der Waals surface area (Å²) in [6.45, 7) is 4.01. The molecule has 2 aromatic rings. The van der Waals surface area contributed by atoms with Crippen molar-refractivity contribution in [1.29, 1.82) is 0 Å². The summed E-state index contributed by atoms with van der Waals surface area (Å²) in [6.07, 6.45) is 1.05. The average Bonchev–Trinajstić information content (AvgIpc) is 2.48. The van der Waals surface area contributed by atoms with Crippen LogP contribution in [0.15, 0.2) is 48.5 Å². The predicted molar refractivity (Wildman–Crippen MR) is 79.2 cm³/mol. The number of para-hydroxylation sites is 1. The Morgan fingerprint density at radius 3 is 2.60 bits per heavy atom. The summed E-state index contributed by atoms with van der Waals surface area (Å²) < 4.78 is 19.6. The Morgan fingerprint density at radius 1 is 1.05 bits per heavy atom. The second kappa shape index (κ2) is 7.65. The van der Waals surface area contributed by atoms with E-state index in [9.17, 15) is 4.39 Å². The monoisotopic (exact) mass is 273 g/mol. The zero-order chi connectivity index (χ0) is 14.2. The Bertz CT molecular complexity index is 528. The maximum Gasteiger partial charge on any atom is 0.165 e. The summed E-state index contributed by atoms with van der Waals surface area (Å²) in [5, 5.41) is 3.27. The van der Waals surface area contributed by atoms with Crippen LogP contribution in [0, 0.1) is 5.82 Å². The van der Waals surface area contributed by atoms with E-state index in [4.69, 9.17) is 4.74 Å². The summed E-state index contributed by atoms with van der Waals surface area (Å²) in [4.78, 5) is 0. The molecule has 106 valence electrons. The lowest BCUT2D eigenvalue weighted by atomic mass is 10.2. The molecule has 0 saturated heterocycles. The third-order valence-corrected chi connectivity index (χ3v) is 3.02. The highest BCUT2D eigenvalue weighted by atomic mass is 19.1. The molecule has 1 N–H and O–H groups in total. The topological polar surface area (TPSA) is 21.3 Å². The van der Waals surface area contributed by atoms with Crippen LogP contribution >= 0.6 is 0 Å². The summed E-state index contributed by atoms with van der Waals surface area (Å²) in [7, 11) is 0. The predicted octanol–water partition coefficient (Wildman–Crippen LogP) is 3.90. The van der Waals surface area contributed by atoms with Gasteiger partial charge in [0.25, 0.3) is 0 Å². The first-order valence-corrected chi connectivity index (χ1v) is 6.96. The van der Waals surface area contributed by atoms with E-state index in [0.29, 0.717) is 18.9 Å². The zero-order valence-electron chi connectivity index (χ0n) is 11.7. The molecule has 0 unspecified atom stereocenters. The Labute approximate surface area is 119 Å². The third kappa shape index (κ3) is 4.07. The summed E-state index contributed by atoms with van der Waals surface area (Å²) in [5.74, 6) is 0.0386. The van der Waals surface area contributed by atoms with Gasteiger partial charge in [-0.3, -0.25) is 0 Å². The van der Waals surface area contributed by atoms with E-state index in [2.05, 4.69) is 12.2 Å². The number of rotatable bonds is 7. The summed E-state index contributed by atoms with van der Waals surface area (Å²) in [5.41, 5.74) is 1.89. The molecule has 0 amide bonds. The highest BCUT2D eigenvalue weighted by molar-refractivity contribution is 5.35. The van der Waals surface area contributed by atoms with Gasteiger partial charge < -0.3 is 10.1 Å². The van der Waals surface area contributed by atoms with Gasteiger partial charge in [-0.2, -0.15) is 0 Å². The molecule has 0 aliphatic rings. The molecule has 2 aromatic carbocycles. The van der Waals surface area contributed by atoms with Crippen LogP contribution in [0.4, 0.5) is 4.39 Å². The van der Waals surface area contributed by atoms with Crippen molar-refractivity contribution in [3.63, 3.8) is 0 Å². The Hall–Kier alpha value is -1.87. The Morgan fingerprint density at radius 2 is 1.85 bits per heavy atom. The first-order chi connectivity index (χ1) is 9.81. The second-order valence-corrected chi connectivity index (χ2v) is 4.68. The number of ether oxygens (including phenoxy) is 1. The highest BCUT2D eigenvalue weighted by Gasteiger charge is 2.09. The molecule has 2 nitrogen and oxygen atoms in total. The number of halogens is 1. The molecule has 3 heteroatoms. The molecule has 0 fully saturated rings. The fraction of sp³-hybridized carbons (Fsp3) is 0.294. The first-order valence-electron chi connectivity index (χ1n) is 6.96. The third-order valence-electron chi connectivity index (χ3n) is 3.02. The molecule has 0 atom stereocenters. The minimum atomic E-state index is -0.309. The summed E-state index contributed by atoms with van der Waals surface area (Å²) in [6, 6.07) is 14.8. The van der Waals surface area contributed by atoms with Crippen molar-refractivity contribution in [2.24, 2.45) is 0 Å². The van der Waals surface area contributed by atoms with Gasteiger partial charge >= 0.3 is 0 Å². The molecule has 0 saturated carbocycles. The molecule has 20 heavy (non-hydrogen) atoms. The van der Waals surface area contributed by atoms with Crippen molar-refractivity contribution in [1.82, 2.24) is 5.32 Å². The van der Waals surface area contributed by atoms with Gasteiger partial charge in [-0.15, -0.1) is 0 Å². The van der Waals surface area contributed by atoms with Gasteiger partial charge in [-0.25, -0.2) is 4.39 Å². The molecule has 0 spiro atoms. The van der Waals surface area contributed by atoms with Gasteiger partial charge in [0.05, 0.1) is 0 Å². The maximum atomic E-state index is 13.9. The van der Waals surface area contributed by atoms with Crippen molar-refractivity contribution < 1.29 is 9.13 Å². The van der Waals surface area contributed by atoms with Gasteiger partial charge in [0.2, 0.25) is 0 Å². The molecule has 0 aliphatic carbocycles. The molecular formula is C17H20FNO. The van der Waals surface area contributed by atoms with E-state index in [1.807, 2.05) is 36.4 Å². The van der Waals surface area contributed by atoms with Gasteiger partial charge in [-0.05, 0) is 24.6 Å². The number of hydrogen-bond acceptors (Lipinski definition) is 2. The van der Waals surface area contributed by atoms with Gasteiger partial charge in [0.1, 0.15) is 6.61 Å². The second-order valence-electron chi connectivity index (χ2n) is 4.68. The number of nitrogens with one attached hydrogen (secondary N) is 1. The van der Waals surface area contributed by atoms with Crippen LogP contribution in [-0.4, -0.2) is 6.54 Å². The number of benzene rings is 2. The molecule has 0 aromatic heterocycles. The highest BCUT2D eigenvalue weighted by Crippen LogP contribution is 2.23. The number of hydrogen-bond donors (Lipinski definition) is 1. The van der Waals surface area contributed by atoms with Crippen LogP contribution in [0.2, 0.25) is 0 Å². The van der Waals surface area contributed by atoms with Gasteiger partial charge in [0.15, 0.2) is 11.6 Å². The van der Waals surface area contributed by atoms with Crippen LogP contribution in [0.3, 0.4) is 0 Å². The van der Waals surface area contributed by atoms with Crippen molar-refractivity contribution in [3.8, 4) is 5.75 Å². The van der Waals surface area contributed by atoms with Crippen LogP contribution in [0.5, 0.6) is 5.75 Å². The van der Waals surface area contributed by atoms with E-state index in [-0.39, 0.29) is 5.82 Å². The normalized spacial score (nSPS) is 10.5. The van der Waals surface area contributed by atoms with Gasteiger partial charge in [-0.1, -0.05) is 49.4 Å². The first kappa shape index (κ1) is 14.5. The lowest BCUT2D eigenvalue weighted by Crippen LogP contribution is -2.15. The fourth-order valence-electron chi connectivity index (χ4n) is 1.98. The minimum Gasteiger partial charge on any atom is -0.485 e. The average molecular weight is 273 g/mol. The van der Waals surface area contributed by atoms with Gasteiger partial charge in [0, 0.05) is 12.1 Å². The zero-order valence-corrected chi connectivity index (χ0v) is 11.7. The fourth-order valence-corrected chi connectivity index (χ4v) is 1.98. The minimum absolute atomic E-state index is 0.309. The smallest absolute Gasteiger partial charge is 0.165 e. The SMILES string of the molecule is CCCNCc1cccc(F)c1OCc1ccccc1. The maximum absolute atomic E-state index is 13.9. The van der Waals surface area contributed by atoms with Crippen molar-refractivity contribution in [2.45, 2.75) is 26.5 Å². The quantitative estimate of drug-likeness (QED) is 0.772. The van der Waals surface area contributed by atoms with Crippen molar-refractivity contribution >= 4 is 0 Å². The largest absolute Gasteiger partial charge is 0.485 e. The van der Waals surface area contributed by atoms with Crippen molar-refractivity contribution in [3.05, 3.63) is 65.5 Å². The molecule has 0 bridgehead atoms. The summed E-state index contributed by atoms with van der Waals surface area (Å²) >= 11 is 0. The van der Waals surface area contributed by atoms with Crippen molar-refractivity contribution in [2.75, 3.05) is 6.54 Å². The lowest BCUT2D eigenvalue weighted by Gasteiger charge is -2.13. The Balaban J connectivity index is 2.05. The van der Waals surface area contributed by atoms with Crippen LogP contribution in [-0.2, 0) is 13.2 Å². The molecular weight excluding hydrogens is 253 g/mol. The van der Waals surface area contributed by atoms with Crippen LogP contribution in [0.25, 0.3) is 0 Å². The Kier molecular flexibility index (Phi) is 5.56. The standard InChI is InChI=1S/C17H20FNO/c1-2-11-19-12-15-9-6-10-16(18)17(15)20-13-14-7-4-3-5-8-14/h3-10,19H,2,11-13H2,1H3. The van der Waals surface area contributed by atoms with E-state index in [0.717, 1.165) is 24.1 Å². The van der Waals surface area contributed by atoms with E-state index in [1.165, 1.54) is 6.07 Å². The van der Waals surface area contributed by atoms with E-state index in [1.54, 1.807) is 6.07 Å². The molecule has 2 rings (SSSR count). The molecule has 0 radical (unpaired) electrons. The van der Waals surface area contributed by atoms with E-state index < -0.39 is 0 Å². The van der Waals surface area contributed by atoms with E-state index >= 15 is 0 Å². The molecule has 0 heterocycles. The lowest BCUT2D eigenvalue weighted by molar-refractivity contribution is 0.286.